The molecule has 1 aliphatic carbocycles. The number of halogens is 2. The number of carbonyl (C=O) groups excluding carboxylic acids is 1. The number of hydrogen-bond donors (Lipinski definition) is 0. The minimum absolute atomic E-state index is 0.117. The van der Waals surface area contributed by atoms with E-state index in [0.717, 1.165) is 81.1 Å². The molecule has 1 fully saturated rings. The van der Waals surface area contributed by atoms with E-state index in [1.54, 1.807) is 0 Å². The number of hydrogen-bond acceptors (Lipinski definition) is 3. The minimum Gasteiger partial charge on any atom is -0.492 e. The second-order valence-electron chi connectivity index (χ2n) is 9.77. The Hall–Kier alpha value is -2.07. The molecular weight excluding hydrogens is 463 g/mol. The molecule has 192 valence electrons. The van der Waals surface area contributed by atoms with E-state index in [-0.39, 0.29) is 12.5 Å². The van der Waals surface area contributed by atoms with Gasteiger partial charge in [0.2, 0.25) is 0 Å². The van der Waals surface area contributed by atoms with Crippen LogP contribution in [0.2, 0.25) is 5.02 Å². The number of aryl methyl sites for hydroxylation is 1. The predicted molar refractivity (Wildman–Crippen MR) is 142 cm³/mol. The molecule has 5 heteroatoms. The van der Waals surface area contributed by atoms with Gasteiger partial charge >= 0.3 is 5.97 Å². The quantitative estimate of drug-likeness (QED) is 0.203. The van der Waals surface area contributed by atoms with Crippen molar-refractivity contribution < 1.29 is 18.7 Å². The van der Waals surface area contributed by atoms with Crippen LogP contribution in [0, 0.1) is 5.92 Å². The average molecular weight is 503 g/mol. The van der Waals surface area contributed by atoms with E-state index in [1.807, 2.05) is 19.1 Å². The fraction of sp³-hybridized carbons (Fsp3) is 0.567. The molecule has 0 heterocycles. The molecule has 3 rings (SSSR count). The second-order valence-corrected chi connectivity index (χ2v) is 10.2. The number of benzene rings is 2. The Bertz CT molecular complexity index is 906. The average Bonchev–Trinajstić information content (AvgIpc) is 2.88. The first kappa shape index (κ1) is 27.5. The van der Waals surface area contributed by atoms with Gasteiger partial charge in [0, 0.05) is 0 Å². The molecule has 0 saturated heterocycles. The summed E-state index contributed by atoms with van der Waals surface area (Å²) in [5.74, 6) is 0.706. The lowest BCUT2D eigenvalue weighted by Crippen LogP contribution is -2.29. The van der Waals surface area contributed by atoms with Crippen LogP contribution in [0.5, 0.6) is 5.75 Å². The van der Waals surface area contributed by atoms with Gasteiger partial charge < -0.3 is 9.47 Å². The largest absolute Gasteiger partial charge is 0.492 e. The summed E-state index contributed by atoms with van der Waals surface area (Å²) < 4.78 is 25.0. The first-order valence-electron chi connectivity index (χ1n) is 13.4. The van der Waals surface area contributed by atoms with Gasteiger partial charge in [-0.3, -0.25) is 0 Å². The van der Waals surface area contributed by atoms with Crippen LogP contribution in [0.4, 0.5) is 4.39 Å². The second kappa shape index (κ2) is 14.5. The Labute approximate surface area is 215 Å². The van der Waals surface area contributed by atoms with E-state index in [9.17, 15) is 9.18 Å². The molecule has 1 atom stereocenters. The highest BCUT2D eigenvalue weighted by Gasteiger charge is 2.27. The maximum Gasteiger partial charge on any atom is 0.340 e. The van der Waals surface area contributed by atoms with Crippen LogP contribution in [0.3, 0.4) is 0 Å². The highest BCUT2D eigenvalue weighted by Crippen LogP contribution is 2.32. The van der Waals surface area contributed by atoms with E-state index in [1.165, 1.54) is 5.56 Å². The number of esters is 1. The molecular formula is C30H40ClFO3. The fourth-order valence-electron chi connectivity index (χ4n) is 4.64. The molecule has 0 bridgehead atoms. The zero-order chi connectivity index (χ0) is 25.0. The summed E-state index contributed by atoms with van der Waals surface area (Å²) in [6.07, 6.45) is 8.32. The Kier molecular flexibility index (Phi) is 11.4. The van der Waals surface area contributed by atoms with Crippen LogP contribution < -0.4 is 4.74 Å². The van der Waals surface area contributed by atoms with Crippen molar-refractivity contribution in [1.82, 2.24) is 0 Å². The lowest BCUT2D eigenvalue weighted by molar-refractivity contribution is -0.157. The van der Waals surface area contributed by atoms with Crippen LogP contribution in [0.1, 0.15) is 83.6 Å². The molecule has 35 heavy (non-hydrogen) atoms. The molecule has 0 spiro atoms. The van der Waals surface area contributed by atoms with Crippen LogP contribution in [-0.4, -0.2) is 24.9 Å². The van der Waals surface area contributed by atoms with Crippen molar-refractivity contribution in [3.63, 3.8) is 0 Å². The molecule has 0 amide bonds. The van der Waals surface area contributed by atoms with Gasteiger partial charge in [-0.25, -0.2) is 9.18 Å². The molecule has 1 saturated carbocycles. The molecule has 0 aliphatic heterocycles. The Morgan fingerprint density at radius 3 is 2.34 bits per heavy atom. The van der Waals surface area contributed by atoms with Gasteiger partial charge in [-0.2, -0.15) is 0 Å². The van der Waals surface area contributed by atoms with Crippen molar-refractivity contribution >= 4 is 17.6 Å². The van der Waals surface area contributed by atoms with Gasteiger partial charge in [0.05, 0.1) is 11.6 Å². The first-order valence-corrected chi connectivity index (χ1v) is 13.7. The molecule has 1 aliphatic rings. The number of carbonyl (C=O) groups is 1. The van der Waals surface area contributed by atoms with Crippen molar-refractivity contribution in [3.8, 4) is 16.9 Å². The smallest absolute Gasteiger partial charge is 0.340 e. The minimum atomic E-state index is -1.47. The monoisotopic (exact) mass is 502 g/mol. The van der Waals surface area contributed by atoms with Gasteiger partial charge in [-0.15, -0.1) is 0 Å². The standard InChI is InChI=1S/C30H40ClFO3/c1-3-5-7-28(32)30(33)35-26-17-12-23(13-18-26)9-8-22-10-14-24(15-11-22)25-16-19-29(27(31)21-25)34-20-6-4-2/h10-11,14-16,19,21,23,26,28H,3-9,12-13,17-18,20H2,1-2H3/t23-,26-,28-/m0/s1. The molecule has 0 radical (unpaired) electrons. The SMILES string of the molecule is CCCCOc1ccc(-c2ccc(CC[C@H]3CC[C@H](OC(=O)[C@@H](F)CCCC)CC3)cc2)cc1Cl. The summed E-state index contributed by atoms with van der Waals surface area (Å²) in [6.45, 7) is 4.82. The van der Waals surface area contributed by atoms with E-state index >= 15 is 0 Å². The van der Waals surface area contributed by atoms with Gasteiger partial charge in [0.15, 0.2) is 6.17 Å². The molecule has 2 aromatic carbocycles. The van der Waals surface area contributed by atoms with E-state index < -0.39 is 12.1 Å². The van der Waals surface area contributed by atoms with Crippen molar-refractivity contribution in [3.05, 3.63) is 53.1 Å². The fourth-order valence-corrected chi connectivity index (χ4v) is 4.87. The van der Waals surface area contributed by atoms with Gasteiger partial charge in [-0.1, -0.05) is 75.0 Å². The number of unbranched alkanes of at least 4 members (excludes halogenated alkanes) is 2. The van der Waals surface area contributed by atoms with Crippen molar-refractivity contribution in [1.29, 1.82) is 0 Å². The maximum absolute atomic E-state index is 13.9. The number of rotatable bonds is 13. The highest BCUT2D eigenvalue weighted by atomic mass is 35.5. The third-order valence-electron chi connectivity index (χ3n) is 6.96. The summed E-state index contributed by atoms with van der Waals surface area (Å²) in [5, 5.41) is 0.645. The molecule has 0 N–H and O–H groups in total. The highest BCUT2D eigenvalue weighted by molar-refractivity contribution is 6.32. The maximum atomic E-state index is 13.9. The molecule has 0 unspecified atom stereocenters. The van der Waals surface area contributed by atoms with Crippen LogP contribution >= 0.6 is 11.6 Å². The normalized spacial score (nSPS) is 18.7. The lowest BCUT2D eigenvalue weighted by Gasteiger charge is -2.28. The Morgan fingerprint density at radius 2 is 1.69 bits per heavy atom. The van der Waals surface area contributed by atoms with Crippen LogP contribution in [0.15, 0.2) is 42.5 Å². The Balaban J connectivity index is 1.42. The van der Waals surface area contributed by atoms with Crippen LogP contribution in [0.25, 0.3) is 11.1 Å². The zero-order valence-corrected chi connectivity index (χ0v) is 22.0. The summed E-state index contributed by atoms with van der Waals surface area (Å²) in [7, 11) is 0. The van der Waals surface area contributed by atoms with Gasteiger partial charge in [0.1, 0.15) is 11.9 Å². The van der Waals surface area contributed by atoms with Crippen molar-refractivity contribution in [2.75, 3.05) is 6.61 Å². The van der Waals surface area contributed by atoms with Gasteiger partial charge in [-0.05, 0) is 86.1 Å². The first-order chi connectivity index (χ1) is 17.0. The summed E-state index contributed by atoms with van der Waals surface area (Å²) in [5.41, 5.74) is 3.55. The van der Waals surface area contributed by atoms with E-state index in [4.69, 9.17) is 21.1 Å². The summed E-state index contributed by atoms with van der Waals surface area (Å²) in [4.78, 5) is 11.9. The number of alkyl halides is 1. The third-order valence-corrected chi connectivity index (χ3v) is 7.25. The zero-order valence-electron chi connectivity index (χ0n) is 21.2. The Morgan fingerprint density at radius 1 is 1.00 bits per heavy atom. The van der Waals surface area contributed by atoms with Crippen molar-refractivity contribution in [2.45, 2.75) is 96.8 Å². The molecule has 3 nitrogen and oxygen atoms in total. The lowest BCUT2D eigenvalue weighted by atomic mass is 9.83. The van der Waals surface area contributed by atoms with E-state index in [2.05, 4.69) is 37.3 Å². The molecule has 0 aromatic heterocycles. The third kappa shape index (κ3) is 8.83. The summed E-state index contributed by atoms with van der Waals surface area (Å²) in [6, 6.07) is 14.7. The number of ether oxygens (including phenoxy) is 2. The van der Waals surface area contributed by atoms with E-state index in [0.29, 0.717) is 17.5 Å². The van der Waals surface area contributed by atoms with Crippen molar-refractivity contribution in [2.24, 2.45) is 5.92 Å². The summed E-state index contributed by atoms with van der Waals surface area (Å²) >= 11 is 6.43. The topological polar surface area (TPSA) is 35.5 Å². The predicted octanol–water partition coefficient (Wildman–Crippen LogP) is 8.75. The molecule has 2 aromatic rings. The van der Waals surface area contributed by atoms with Gasteiger partial charge in [0.25, 0.3) is 0 Å². The van der Waals surface area contributed by atoms with Crippen LogP contribution in [-0.2, 0) is 16.0 Å².